The number of carbonyl (C=O) groups is 1. The zero-order valence-corrected chi connectivity index (χ0v) is 11.9. The lowest BCUT2D eigenvalue weighted by Gasteiger charge is -1.95. The highest BCUT2D eigenvalue weighted by atomic mass is 32.1. The topological polar surface area (TPSA) is 60.1 Å². The van der Waals surface area contributed by atoms with Gasteiger partial charge in [-0.3, -0.25) is 9.78 Å². The largest absolute Gasteiger partial charge is 0.319 e. The van der Waals surface area contributed by atoms with Crippen molar-refractivity contribution >= 4 is 27.5 Å². The zero-order valence-electron chi connectivity index (χ0n) is 11.1. The Bertz CT molecular complexity index is 845. The van der Waals surface area contributed by atoms with Crippen LogP contribution in [0.15, 0.2) is 41.7 Å². The van der Waals surface area contributed by atoms with Gasteiger partial charge in [0, 0.05) is 13.2 Å². The second-order valence-electron chi connectivity index (χ2n) is 4.37. The fraction of sp³-hybridized carbons (Fsp3) is 0.143. The first-order valence-corrected chi connectivity index (χ1v) is 6.89. The Hall–Kier alpha value is -2.34. The predicted octanol–water partition coefficient (Wildman–Crippen LogP) is 2.08. The van der Waals surface area contributed by atoms with Crippen molar-refractivity contribution in [2.45, 2.75) is 6.92 Å². The number of aromatic nitrogens is 3. The average Bonchev–Trinajstić information content (AvgIpc) is 2.77. The van der Waals surface area contributed by atoms with E-state index in [0.29, 0.717) is 4.80 Å². The normalized spacial score (nSPS) is 12.0. The molecular weight excluding hydrogens is 272 g/mol. The molecule has 0 N–H and O–H groups in total. The van der Waals surface area contributed by atoms with Crippen LogP contribution < -0.4 is 4.80 Å². The van der Waals surface area contributed by atoms with Gasteiger partial charge in [0.1, 0.15) is 5.69 Å². The van der Waals surface area contributed by atoms with Crippen molar-refractivity contribution in [2.75, 3.05) is 0 Å². The van der Waals surface area contributed by atoms with Crippen LogP contribution in [0.4, 0.5) is 0 Å². The number of rotatable bonds is 1. The van der Waals surface area contributed by atoms with E-state index in [1.165, 1.54) is 17.5 Å². The standard InChI is InChI=1S/C14H12N4OS/c1-9-7-16-10(8-15-9)13(19)17-14-18(2)11-5-3-4-6-12(11)20-14/h3-8H,1-2H3. The van der Waals surface area contributed by atoms with Crippen molar-refractivity contribution in [2.24, 2.45) is 12.0 Å². The molecule has 1 amide bonds. The monoisotopic (exact) mass is 284 g/mol. The molecule has 1 aromatic carbocycles. The van der Waals surface area contributed by atoms with E-state index in [9.17, 15) is 4.79 Å². The Morgan fingerprint density at radius 3 is 2.75 bits per heavy atom. The number of amides is 1. The number of para-hydroxylation sites is 1. The van der Waals surface area contributed by atoms with Gasteiger partial charge in [0.05, 0.1) is 22.1 Å². The van der Waals surface area contributed by atoms with E-state index in [1.807, 2.05) is 42.8 Å². The zero-order chi connectivity index (χ0) is 14.1. The third-order valence-electron chi connectivity index (χ3n) is 2.91. The molecule has 0 fully saturated rings. The molecule has 0 spiro atoms. The van der Waals surface area contributed by atoms with Crippen LogP contribution in [0.25, 0.3) is 10.2 Å². The van der Waals surface area contributed by atoms with Gasteiger partial charge in [-0.15, -0.1) is 0 Å². The van der Waals surface area contributed by atoms with Crippen LogP contribution in [-0.2, 0) is 7.05 Å². The minimum Gasteiger partial charge on any atom is -0.319 e. The highest BCUT2D eigenvalue weighted by Crippen LogP contribution is 2.15. The molecule has 100 valence electrons. The second kappa shape index (κ2) is 4.97. The Balaban J connectivity index is 2.08. The summed E-state index contributed by atoms with van der Waals surface area (Å²) in [6, 6.07) is 7.94. The Morgan fingerprint density at radius 1 is 1.25 bits per heavy atom. The Morgan fingerprint density at radius 2 is 2.05 bits per heavy atom. The number of aryl methyl sites for hydroxylation is 2. The predicted molar refractivity (Wildman–Crippen MR) is 77.5 cm³/mol. The van der Waals surface area contributed by atoms with Gasteiger partial charge >= 0.3 is 0 Å². The lowest BCUT2D eigenvalue weighted by Crippen LogP contribution is -2.14. The SMILES string of the molecule is Cc1cnc(C(=O)N=c2sc3ccccc3n2C)cn1. The smallest absolute Gasteiger partial charge is 0.299 e. The molecule has 6 heteroatoms. The van der Waals surface area contributed by atoms with Gasteiger partial charge < -0.3 is 4.57 Å². The summed E-state index contributed by atoms with van der Waals surface area (Å²) in [5.41, 5.74) is 2.08. The maximum Gasteiger partial charge on any atom is 0.299 e. The molecule has 5 nitrogen and oxygen atoms in total. The summed E-state index contributed by atoms with van der Waals surface area (Å²) in [7, 11) is 1.89. The Kier molecular flexibility index (Phi) is 3.15. The van der Waals surface area contributed by atoms with E-state index < -0.39 is 0 Å². The summed E-state index contributed by atoms with van der Waals surface area (Å²) in [6.07, 6.45) is 3.02. The van der Waals surface area contributed by atoms with Gasteiger partial charge in [-0.2, -0.15) is 4.99 Å². The van der Waals surface area contributed by atoms with Crippen LogP contribution in [0.2, 0.25) is 0 Å². The third-order valence-corrected chi connectivity index (χ3v) is 4.02. The van der Waals surface area contributed by atoms with Crippen LogP contribution in [0.3, 0.4) is 0 Å². The molecule has 3 rings (SSSR count). The average molecular weight is 284 g/mol. The van der Waals surface area contributed by atoms with Crippen molar-refractivity contribution in [1.82, 2.24) is 14.5 Å². The van der Waals surface area contributed by atoms with Gasteiger partial charge in [-0.05, 0) is 19.1 Å². The lowest BCUT2D eigenvalue weighted by molar-refractivity contribution is 0.0993. The molecule has 0 aliphatic rings. The van der Waals surface area contributed by atoms with Gasteiger partial charge in [0.15, 0.2) is 4.80 Å². The number of benzene rings is 1. The van der Waals surface area contributed by atoms with Crippen molar-refractivity contribution in [1.29, 1.82) is 0 Å². The van der Waals surface area contributed by atoms with Crippen molar-refractivity contribution in [3.8, 4) is 0 Å². The van der Waals surface area contributed by atoms with Gasteiger partial charge in [-0.1, -0.05) is 23.5 Å². The summed E-state index contributed by atoms with van der Waals surface area (Å²) in [5, 5.41) is 0. The summed E-state index contributed by atoms with van der Waals surface area (Å²) >= 11 is 1.48. The van der Waals surface area contributed by atoms with Crippen LogP contribution >= 0.6 is 11.3 Å². The summed E-state index contributed by atoms with van der Waals surface area (Å²) in [6.45, 7) is 1.82. The number of hydrogen-bond acceptors (Lipinski definition) is 4. The fourth-order valence-corrected chi connectivity index (χ4v) is 2.85. The minimum absolute atomic E-state index is 0.257. The Labute approximate surface area is 119 Å². The minimum atomic E-state index is -0.375. The molecule has 0 atom stereocenters. The first-order valence-electron chi connectivity index (χ1n) is 6.07. The van der Waals surface area contributed by atoms with E-state index in [4.69, 9.17) is 0 Å². The molecule has 0 radical (unpaired) electrons. The molecule has 0 saturated carbocycles. The van der Waals surface area contributed by atoms with E-state index in [1.54, 1.807) is 6.20 Å². The van der Waals surface area contributed by atoms with Gasteiger partial charge in [-0.25, -0.2) is 4.98 Å². The summed E-state index contributed by atoms with van der Waals surface area (Å²) in [4.78, 5) is 25.0. The van der Waals surface area contributed by atoms with Crippen LogP contribution in [0, 0.1) is 6.92 Å². The molecular formula is C14H12N4OS. The molecule has 0 aliphatic carbocycles. The summed E-state index contributed by atoms with van der Waals surface area (Å²) < 4.78 is 3.00. The molecule has 0 saturated heterocycles. The fourth-order valence-electron chi connectivity index (χ4n) is 1.84. The second-order valence-corrected chi connectivity index (χ2v) is 5.38. The molecule has 0 aliphatic heterocycles. The third kappa shape index (κ3) is 2.25. The van der Waals surface area contributed by atoms with Gasteiger partial charge in [0.2, 0.25) is 0 Å². The summed E-state index contributed by atoms with van der Waals surface area (Å²) in [5.74, 6) is -0.375. The number of carbonyl (C=O) groups excluding carboxylic acids is 1. The maximum absolute atomic E-state index is 12.1. The van der Waals surface area contributed by atoms with E-state index in [2.05, 4.69) is 15.0 Å². The van der Waals surface area contributed by atoms with E-state index >= 15 is 0 Å². The van der Waals surface area contributed by atoms with Crippen LogP contribution in [0.1, 0.15) is 16.2 Å². The molecule has 0 bridgehead atoms. The van der Waals surface area contributed by atoms with E-state index in [-0.39, 0.29) is 11.6 Å². The number of nitrogens with zero attached hydrogens (tertiary/aromatic N) is 4. The number of thiazole rings is 1. The van der Waals surface area contributed by atoms with Crippen LogP contribution in [-0.4, -0.2) is 20.4 Å². The maximum atomic E-state index is 12.1. The quantitative estimate of drug-likeness (QED) is 0.687. The molecule has 0 unspecified atom stereocenters. The van der Waals surface area contributed by atoms with Crippen molar-refractivity contribution < 1.29 is 4.79 Å². The van der Waals surface area contributed by atoms with Crippen molar-refractivity contribution in [3.05, 3.63) is 52.8 Å². The highest BCUT2D eigenvalue weighted by Gasteiger charge is 2.08. The molecule has 3 aromatic rings. The van der Waals surface area contributed by atoms with Gasteiger partial charge in [0.25, 0.3) is 5.91 Å². The molecule has 20 heavy (non-hydrogen) atoms. The lowest BCUT2D eigenvalue weighted by atomic mass is 10.3. The first kappa shape index (κ1) is 12.7. The highest BCUT2D eigenvalue weighted by molar-refractivity contribution is 7.16. The molecule has 2 heterocycles. The van der Waals surface area contributed by atoms with Crippen LogP contribution in [0.5, 0.6) is 0 Å². The van der Waals surface area contributed by atoms with E-state index in [0.717, 1.165) is 15.9 Å². The van der Waals surface area contributed by atoms with Crippen molar-refractivity contribution in [3.63, 3.8) is 0 Å². The molecule has 2 aromatic heterocycles. The first-order chi connectivity index (χ1) is 9.65. The number of fused-ring (bicyclic) bond motifs is 1. The number of hydrogen-bond donors (Lipinski definition) is 0.